The number of fused-ring (bicyclic) bond motifs is 7. The minimum atomic E-state index is -5.79. The van der Waals surface area contributed by atoms with Crippen LogP contribution in [0.4, 0.5) is 13.2 Å². The topological polar surface area (TPSA) is 65.1 Å². The van der Waals surface area contributed by atoms with Gasteiger partial charge in [-0.3, -0.25) is 0 Å². The Hall–Kier alpha value is -0.843. The van der Waals surface area contributed by atoms with Crippen molar-refractivity contribution in [3.8, 4) is 0 Å². The van der Waals surface area contributed by atoms with Gasteiger partial charge in [0.1, 0.15) is 5.76 Å². The first-order chi connectivity index (χ1) is 17.2. The fraction of sp³-hybridized carbons (Fsp3) is 0.857. The van der Waals surface area contributed by atoms with Gasteiger partial charge in [0.2, 0.25) is 0 Å². The molecule has 0 amide bonds. The van der Waals surface area contributed by atoms with Crippen LogP contribution in [0.3, 0.4) is 0 Å². The number of hydrogen-bond donors (Lipinski definition) is 0. The molecule has 10 heteroatoms. The lowest BCUT2D eigenvalue weighted by molar-refractivity contribution is -0.0823. The van der Waals surface area contributed by atoms with Gasteiger partial charge in [-0.15, -0.1) is 0 Å². The smallest absolute Gasteiger partial charge is 0.414 e. The number of rotatable bonds is 5. The van der Waals surface area contributed by atoms with Crippen molar-refractivity contribution in [3.05, 3.63) is 24.0 Å². The zero-order valence-electron chi connectivity index (χ0n) is 23.7. The molecule has 0 aromatic heterocycles. The van der Waals surface area contributed by atoms with Crippen molar-refractivity contribution in [1.82, 2.24) is 0 Å². The van der Waals surface area contributed by atoms with Crippen LogP contribution in [-0.4, -0.2) is 40.1 Å². The lowest BCUT2D eigenvalue weighted by atomic mass is 9.47. The summed E-state index contributed by atoms with van der Waals surface area (Å²) in [4.78, 5) is 0. The van der Waals surface area contributed by atoms with Crippen LogP contribution >= 0.6 is 0 Å². The highest BCUT2D eigenvalue weighted by molar-refractivity contribution is 7.87. The molecule has 5 nitrogen and oxygen atoms in total. The van der Waals surface area contributed by atoms with Crippen LogP contribution in [0, 0.1) is 28.6 Å². The Bertz CT molecular complexity index is 1160. The van der Waals surface area contributed by atoms with Crippen LogP contribution < -0.4 is 0 Å². The largest absolute Gasteiger partial charge is 0.534 e. The molecule has 5 aliphatic rings. The van der Waals surface area contributed by atoms with Crippen LogP contribution in [0.15, 0.2) is 24.0 Å². The van der Waals surface area contributed by atoms with Gasteiger partial charge in [-0.25, -0.2) is 0 Å². The standard InChI is InChI=1S/C28H43F3O5SSi/c1-17(35-37(32,33)28(29,30)31)27-23(34-27)16-22-20-10-9-18-15-19(36-38(7,8)24(2,3)4)11-13-25(18,5)21(20)12-14-26(22,27)6/h9,19-23H,1,10-16H2,2-8H3/t19-,20+,21-,22-,23+,25-,26-,27+/m0/s1. The molecule has 0 unspecified atom stereocenters. The van der Waals surface area contributed by atoms with Gasteiger partial charge in [-0.05, 0) is 86.2 Å². The highest BCUT2D eigenvalue weighted by Gasteiger charge is 2.79. The van der Waals surface area contributed by atoms with Gasteiger partial charge in [0.05, 0.1) is 6.10 Å². The summed E-state index contributed by atoms with van der Waals surface area (Å²) in [7, 11) is -7.65. The molecule has 38 heavy (non-hydrogen) atoms. The van der Waals surface area contributed by atoms with E-state index in [1.807, 2.05) is 6.92 Å². The number of alkyl halides is 3. The van der Waals surface area contributed by atoms with Gasteiger partial charge in [-0.2, -0.15) is 21.6 Å². The first-order valence-corrected chi connectivity index (χ1v) is 18.3. The van der Waals surface area contributed by atoms with E-state index < -0.39 is 40.7 Å². The van der Waals surface area contributed by atoms with E-state index in [1.165, 1.54) is 5.57 Å². The minimum absolute atomic E-state index is 0.0888. The Morgan fingerprint density at radius 2 is 1.79 bits per heavy atom. The molecule has 8 atom stereocenters. The summed E-state index contributed by atoms with van der Waals surface area (Å²) in [6.07, 6.45) is 8.73. The summed E-state index contributed by atoms with van der Waals surface area (Å²) in [5.41, 5.74) is -5.58. The zero-order valence-corrected chi connectivity index (χ0v) is 25.5. The van der Waals surface area contributed by atoms with Gasteiger partial charge in [0.15, 0.2) is 13.9 Å². The van der Waals surface area contributed by atoms with Crippen molar-refractivity contribution in [2.24, 2.45) is 28.6 Å². The Labute approximate surface area is 226 Å². The summed E-state index contributed by atoms with van der Waals surface area (Å²) >= 11 is 0. The maximum absolute atomic E-state index is 13.0. The lowest BCUT2D eigenvalue weighted by Crippen LogP contribution is -2.54. The molecule has 1 heterocycles. The molecule has 4 fully saturated rings. The molecule has 0 spiro atoms. The maximum Gasteiger partial charge on any atom is 0.534 e. The molecule has 1 saturated heterocycles. The second-order valence-electron chi connectivity index (χ2n) is 14.4. The van der Waals surface area contributed by atoms with E-state index >= 15 is 0 Å². The average molecular weight is 577 g/mol. The number of halogens is 3. The number of epoxide rings is 1. The third-order valence-corrected chi connectivity index (χ3v) is 17.2. The van der Waals surface area contributed by atoms with Crippen LogP contribution in [0.1, 0.15) is 79.6 Å². The van der Waals surface area contributed by atoms with E-state index in [9.17, 15) is 21.6 Å². The van der Waals surface area contributed by atoms with E-state index in [0.717, 1.165) is 38.5 Å². The molecule has 0 radical (unpaired) electrons. The van der Waals surface area contributed by atoms with Crippen molar-refractivity contribution in [3.63, 3.8) is 0 Å². The molecule has 216 valence electrons. The summed E-state index contributed by atoms with van der Waals surface area (Å²) < 4.78 is 80.0. The van der Waals surface area contributed by atoms with E-state index in [0.29, 0.717) is 18.3 Å². The first-order valence-electron chi connectivity index (χ1n) is 13.9. The lowest BCUT2D eigenvalue weighted by Gasteiger charge is -2.59. The second kappa shape index (κ2) is 8.35. The average Bonchev–Trinajstić information content (AvgIpc) is 3.44. The molecule has 0 N–H and O–H groups in total. The van der Waals surface area contributed by atoms with Crippen LogP contribution in [-0.2, 0) is 23.5 Å². The predicted octanol–water partition coefficient (Wildman–Crippen LogP) is 7.47. The quantitative estimate of drug-likeness (QED) is 0.0849. The Morgan fingerprint density at radius 3 is 2.39 bits per heavy atom. The third-order valence-electron chi connectivity index (χ3n) is 11.7. The molecular formula is C28H43F3O5SSi. The van der Waals surface area contributed by atoms with E-state index in [1.54, 1.807) is 0 Å². The second-order valence-corrected chi connectivity index (χ2v) is 20.7. The highest BCUT2D eigenvalue weighted by Crippen LogP contribution is 2.75. The summed E-state index contributed by atoms with van der Waals surface area (Å²) in [6, 6.07) is 0. The van der Waals surface area contributed by atoms with Crippen molar-refractivity contribution in [2.75, 3.05) is 0 Å². The van der Waals surface area contributed by atoms with Crippen molar-refractivity contribution in [1.29, 1.82) is 0 Å². The monoisotopic (exact) mass is 576 g/mol. The van der Waals surface area contributed by atoms with Crippen molar-refractivity contribution in [2.45, 2.75) is 121 Å². The van der Waals surface area contributed by atoms with Gasteiger partial charge >= 0.3 is 15.6 Å². The van der Waals surface area contributed by atoms with Gasteiger partial charge in [0.25, 0.3) is 0 Å². The summed E-state index contributed by atoms with van der Waals surface area (Å²) in [5, 5.41) is 0.169. The van der Waals surface area contributed by atoms with Gasteiger partial charge in [0, 0.05) is 11.5 Å². The van der Waals surface area contributed by atoms with Crippen molar-refractivity contribution >= 4 is 18.4 Å². The predicted molar refractivity (Wildman–Crippen MR) is 142 cm³/mol. The minimum Gasteiger partial charge on any atom is -0.414 e. The summed E-state index contributed by atoms with van der Waals surface area (Å²) in [5.74, 6) is 0.660. The maximum atomic E-state index is 13.0. The zero-order chi connectivity index (χ0) is 28.3. The molecule has 5 rings (SSSR count). The van der Waals surface area contributed by atoms with Gasteiger partial charge < -0.3 is 13.3 Å². The molecule has 4 aliphatic carbocycles. The Morgan fingerprint density at radius 1 is 1.13 bits per heavy atom. The Balaban J connectivity index is 1.35. The van der Waals surface area contributed by atoms with Crippen molar-refractivity contribution < 1.29 is 34.9 Å². The van der Waals surface area contributed by atoms with Crippen LogP contribution in [0.25, 0.3) is 0 Å². The van der Waals surface area contributed by atoms with Gasteiger partial charge in [-0.1, -0.05) is 52.8 Å². The first kappa shape index (κ1) is 28.7. The fourth-order valence-corrected chi connectivity index (χ4v) is 10.4. The molecule has 0 bridgehead atoms. The Kier molecular flexibility index (Phi) is 6.30. The van der Waals surface area contributed by atoms with Crippen LogP contribution in [0.2, 0.25) is 18.1 Å². The molecule has 0 aromatic rings. The SMILES string of the molecule is C=C(OS(=O)(=O)C(F)(F)F)[C@@]12O[C@@H]1C[C@H]1[C@@H]3CC=C4C[C@@H](O[Si](C)(C)C(C)(C)C)CC[C@]4(C)[C@H]3CC[C@@]12C. The molecule has 1 aliphatic heterocycles. The summed E-state index contributed by atoms with van der Waals surface area (Å²) in [6.45, 7) is 19.6. The van der Waals surface area contributed by atoms with E-state index in [2.05, 4.69) is 57.6 Å². The third kappa shape index (κ3) is 3.93. The van der Waals surface area contributed by atoms with E-state index in [-0.39, 0.29) is 28.6 Å². The normalized spacial score (nSPS) is 42.8. The number of hydrogen-bond acceptors (Lipinski definition) is 5. The van der Waals surface area contributed by atoms with Crippen LogP contribution in [0.5, 0.6) is 0 Å². The van der Waals surface area contributed by atoms with E-state index in [4.69, 9.17) is 9.16 Å². The molecule has 3 saturated carbocycles. The number of ether oxygens (including phenoxy) is 1. The molecular weight excluding hydrogens is 533 g/mol. The fourth-order valence-electron chi connectivity index (χ4n) is 8.48. The molecule has 0 aromatic carbocycles. The number of allylic oxidation sites excluding steroid dienone is 1. The highest BCUT2D eigenvalue weighted by atomic mass is 32.2.